The molecule has 0 saturated carbocycles. The first-order valence-electron chi connectivity index (χ1n) is 6.74. The summed E-state index contributed by atoms with van der Waals surface area (Å²) in [6, 6.07) is 9.00. The van der Waals surface area contributed by atoms with Crippen LogP contribution in [-0.2, 0) is 0 Å². The molecule has 10 heteroatoms. The third-order valence-corrected chi connectivity index (χ3v) is 3.57. The van der Waals surface area contributed by atoms with E-state index in [2.05, 4.69) is 4.74 Å². The average Bonchev–Trinajstić information content (AvgIpc) is 2.54. The van der Waals surface area contributed by atoms with Crippen molar-refractivity contribution in [1.82, 2.24) is 0 Å². The second-order valence-corrected chi connectivity index (χ2v) is 5.32. The molecule has 0 amide bonds. The maximum atomic E-state index is 12.9. The second kappa shape index (κ2) is 7.14. The molecule has 0 spiro atoms. The minimum Gasteiger partial charge on any atom is -0.428 e. The van der Waals surface area contributed by atoms with E-state index >= 15 is 0 Å². The first kappa shape index (κ1) is 18.8. The van der Waals surface area contributed by atoms with E-state index in [1.54, 1.807) is 7.05 Å². The van der Waals surface area contributed by atoms with Crippen LogP contribution in [0.4, 0.5) is 34.6 Å². The molecule has 0 atom stereocenters. The number of rotatable bonds is 6. The molecule has 0 aliphatic rings. The zero-order chi connectivity index (χ0) is 18.8. The molecular weight excluding hydrogens is 368 g/mol. The number of ether oxygens (including phenoxy) is 1. The lowest BCUT2D eigenvalue weighted by Crippen LogP contribution is -2.33. The SMILES string of the molecule is CN(c1ccc(OC(F)(F)C(F)F)cc1)c1ccc(Cl)c([N+](=O)[O-])c1. The topological polar surface area (TPSA) is 55.6 Å². The van der Waals surface area contributed by atoms with Crippen LogP contribution in [0, 0.1) is 10.1 Å². The van der Waals surface area contributed by atoms with E-state index in [-0.39, 0.29) is 10.7 Å². The lowest BCUT2D eigenvalue weighted by Gasteiger charge is -2.21. The summed E-state index contributed by atoms with van der Waals surface area (Å²) in [4.78, 5) is 11.8. The van der Waals surface area contributed by atoms with E-state index < -0.39 is 23.2 Å². The van der Waals surface area contributed by atoms with Gasteiger partial charge in [0.1, 0.15) is 10.8 Å². The van der Waals surface area contributed by atoms with Crippen molar-refractivity contribution in [2.24, 2.45) is 0 Å². The number of alkyl halides is 4. The molecule has 0 N–H and O–H groups in total. The summed E-state index contributed by atoms with van der Waals surface area (Å²) in [5, 5.41) is 10.9. The van der Waals surface area contributed by atoms with Crippen LogP contribution in [0.15, 0.2) is 42.5 Å². The fourth-order valence-corrected chi connectivity index (χ4v) is 2.12. The number of benzene rings is 2. The predicted octanol–water partition coefficient (Wildman–Crippen LogP) is 5.25. The summed E-state index contributed by atoms with van der Waals surface area (Å²) >= 11 is 5.74. The number of nitrogens with zero attached hydrogens (tertiary/aromatic N) is 2. The van der Waals surface area contributed by atoms with Crippen LogP contribution in [-0.4, -0.2) is 24.5 Å². The van der Waals surface area contributed by atoms with Gasteiger partial charge in [0.15, 0.2) is 0 Å². The molecule has 0 unspecified atom stereocenters. The molecule has 2 aromatic carbocycles. The second-order valence-electron chi connectivity index (χ2n) is 4.91. The van der Waals surface area contributed by atoms with E-state index in [4.69, 9.17) is 11.6 Å². The fraction of sp³-hybridized carbons (Fsp3) is 0.200. The highest BCUT2D eigenvalue weighted by atomic mass is 35.5. The molecule has 0 heterocycles. The van der Waals surface area contributed by atoms with Crippen LogP contribution in [0.5, 0.6) is 5.75 Å². The Morgan fingerprint density at radius 1 is 1.16 bits per heavy atom. The van der Waals surface area contributed by atoms with Crippen LogP contribution in [0.25, 0.3) is 0 Å². The van der Waals surface area contributed by atoms with Crippen molar-refractivity contribution in [2.75, 3.05) is 11.9 Å². The highest BCUT2D eigenvalue weighted by Gasteiger charge is 2.43. The first-order chi connectivity index (χ1) is 11.6. The molecule has 0 aliphatic carbocycles. The molecule has 0 bridgehead atoms. The predicted molar refractivity (Wildman–Crippen MR) is 84.2 cm³/mol. The van der Waals surface area contributed by atoms with Gasteiger partial charge in [0.05, 0.1) is 4.92 Å². The van der Waals surface area contributed by atoms with E-state index in [0.29, 0.717) is 11.4 Å². The normalized spacial score (nSPS) is 11.5. The highest BCUT2D eigenvalue weighted by Crippen LogP contribution is 2.33. The number of halogens is 5. The fourth-order valence-electron chi connectivity index (χ4n) is 1.94. The number of anilines is 2. The Morgan fingerprint density at radius 2 is 1.72 bits per heavy atom. The summed E-state index contributed by atoms with van der Waals surface area (Å²) < 4.78 is 53.9. The van der Waals surface area contributed by atoms with Gasteiger partial charge in [-0.25, -0.2) is 0 Å². The quantitative estimate of drug-likeness (QED) is 0.391. The molecular formula is C15H11ClF4N2O3. The molecule has 0 radical (unpaired) electrons. The van der Waals surface area contributed by atoms with Crippen molar-refractivity contribution >= 4 is 28.7 Å². The van der Waals surface area contributed by atoms with Gasteiger partial charge in [0.2, 0.25) is 0 Å². The van der Waals surface area contributed by atoms with Gasteiger partial charge in [-0.15, -0.1) is 0 Å². The monoisotopic (exact) mass is 378 g/mol. The highest BCUT2D eigenvalue weighted by molar-refractivity contribution is 6.32. The summed E-state index contributed by atoms with van der Waals surface area (Å²) in [6.45, 7) is 0. The molecule has 0 saturated heterocycles. The summed E-state index contributed by atoms with van der Waals surface area (Å²) in [5.41, 5.74) is 0.592. The standard InChI is InChI=1S/C15H11ClF4N2O3/c1-21(10-4-7-12(16)13(8-10)22(23)24)9-2-5-11(6-3-9)25-15(19,20)14(17)18/h2-8,14H,1H3. The molecule has 0 aliphatic heterocycles. The van der Waals surface area contributed by atoms with Gasteiger partial charge >= 0.3 is 12.5 Å². The van der Waals surface area contributed by atoms with Gasteiger partial charge in [-0.1, -0.05) is 11.6 Å². The van der Waals surface area contributed by atoms with E-state index in [1.165, 1.54) is 35.2 Å². The van der Waals surface area contributed by atoms with Crippen molar-refractivity contribution < 1.29 is 27.2 Å². The molecule has 2 rings (SSSR count). The lowest BCUT2D eigenvalue weighted by molar-refractivity contribution is -0.384. The summed E-state index contributed by atoms with van der Waals surface area (Å²) in [5.74, 6) is -0.440. The van der Waals surface area contributed by atoms with E-state index in [1.807, 2.05) is 0 Å². The van der Waals surface area contributed by atoms with E-state index in [0.717, 1.165) is 12.1 Å². The molecule has 134 valence electrons. The molecule has 0 fully saturated rings. The van der Waals surface area contributed by atoms with Gasteiger partial charge in [0, 0.05) is 24.5 Å². The van der Waals surface area contributed by atoms with Crippen molar-refractivity contribution in [2.45, 2.75) is 12.5 Å². The van der Waals surface area contributed by atoms with E-state index in [9.17, 15) is 27.7 Å². The third kappa shape index (κ3) is 4.30. The third-order valence-electron chi connectivity index (χ3n) is 3.25. The van der Waals surface area contributed by atoms with Gasteiger partial charge in [-0.05, 0) is 36.4 Å². The zero-order valence-corrected chi connectivity index (χ0v) is 13.4. The average molecular weight is 379 g/mol. The minimum atomic E-state index is -4.59. The smallest absolute Gasteiger partial charge is 0.428 e. The zero-order valence-electron chi connectivity index (χ0n) is 12.6. The summed E-state index contributed by atoms with van der Waals surface area (Å²) in [7, 11) is 1.58. The maximum absolute atomic E-state index is 12.9. The Morgan fingerprint density at radius 3 is 2.24 bits per heavy atom. The van der Waals surface area contributed by atoms with Crippen LogP contribution in [0.1, 0.15) is 0 Å². The maximum Gasteiger partial charge on any atom is 0.461 e. The molecule has 25 heavy (non-hydrogen) atoms. The van der Waals surface area contributed by atoms with Gasteiger partial charge < -0.3 is 9.64 Å². The van der Waals surface area contributed by atoms with Gasteiger partial charge in [-0.3, -0.25) is 10.1 Å². The van der Waals surface area contributed by atoms with Crippen LogP contribution < -0.4 is 9.64 Å². The first-order valence-corrected chi connectivity index (χ1v) is 7.12. The van der Waals surface area contributed by atoms with Crippen molar-refractivity contribution in [3.63, 3.8) is 0 Å². The molecule has 5 nitrogen and oxygen atoms in total. The Hall–Kier alpha value is -2.55. The Labute approximate surface area is 144 Å². The van der Waals surface area contributed by atoms with Crippen molar-refractivity contribution in [1.29, 1.82) is 0 Å². The Kier molecular flexibility index (Phi) is 5.36. The van der Waals surface area contributed by atoms with Crippen molar-refractivity contribution in [3.05, 3.63) is 57.6 Å². The Balaban J connectivity index is 2.22. The Bertz CT molecular complexity index is 772. The number of nitro benzene ring substituents is 1. The molecule has 0 aromatic heterocycles. The molecule has 2 aromatic rings. The van der Waals surface area contributed by atoms with Crippen molar-refractivity contribution in [3.8, 4) is 5.75 Å². The van der Waals surface area contributed by atoms with Crippen LogP contribution in [0.3, 0.4) is 0 Å². The lowest BCUT2D eigenvalue weighted by atomic mass is 10.2. The van der Waals surface area contributed by atoms with Gasteiger partial charge in [-0.2, -0.15) is 17.6 Å². The van der Waals surface area contributed by atoms with Crippen LogP contribution >= 0.6 is 11.6 Å². The number of nitro groups is 1. The largest absolute Gasteiger partial charge is 0.461 e. The summed E-state index contributed by atoms with van der Waals surface area (Å²) in [6.07, 6.45) is -8.55. The number of hydrogen-bond donors (Lipinski definition) is 0. The van der Waals surface area contributed by atoms with Crippen LogP contribution in [0.2, 0.25) is 5.02 Å². The van der Waals surface area contributed by atoms with Gasteiger partial charge in [0.25, 0.3) is 5.69 Å². The minimum absolute atomic E-state index is 0.0277. The number of hydrogen-bond acceptors (Lipinski definition) is 4.